The van der Waals surface area contributed by atoms with Crippen LogP contribution in [-0.2, 0) is 6.54 Å². The number of hydrogen-bond acceptors (Lipinski definition) is 3. The fraction of sp³-hybridized carbons (Fsp3) is 0.312. The molecule has 0 aliphatic rings. The molecule has 0 amide bonds. The van der Waals surface area contributed by atoms with Gasteiger partial charge >= 0.3 is 0 Å². The highest BCUT2D eigenvalue weighted by Gasteiger charge is 1.97. The van der Waals surface area contributed by atoms with Crippen molar-refractivity contribution in [3.63, 3.8) is 0 Å². The zero-order chi connectivity index (χ0) is 13.5. The van der Waals surface area contributed by atoms with Gasteiger partial charge in [-0.25, -0.2) is 4.98 Å². The van der Waals surface area contributed by atoms with Gasteiger partial charge in [0.1, 0.15) is 11.6 Å². The van der Waals surface area contributed by atoms with Crippen LogP contribution in [0.4, 0.5) is 11.6 Å². The lowest BCUT2D eigenvalue weighted by Crippen LogP contribution is -2.05. The Morgan fingerprint density at radius 1 is 0.947 bits per heavy atom. The maximum atomic E-state index is 4.52. The molecule has 19 heavy (non-hydrogen) atoms. The van der Waals surface area contributed by atoms with Crippen LogP contribution in [0.15, 0.2) is 42.5 Å². The van der Waals surface area contributed by atoms with Crippen molar-refractivity contribution in [2.45, 2.75) is 26.8 Å². The predicted octanol–water partition coefficient (Wildman–Crippen LogP) is 3.82. The molecule has 0 radical (unpaired) electrons. The van der Waals surface area contributed by atoms with Crippen molar-refractivity contribution in [3.8, 4) is 0 Å². The molecule has 100 valence electrons. The van der Waals surface area contributed by atoms with Crippen LogP contribution in [-0.4, -0.2) is 11.5 Å². The van der Waals surface area contributed by atoms with Gasteiger partial charge in [-0.2, -0.15) is 0 Å². The molecule has 2 N–H and O–H groups in total. The fourth-order valence-corrected chi connectivity index (χ4v) is 1.78. The molecular weight excluding hydrogens is 234 g/mol. The van der Waals surface area contributed by atoms with Crippen LogP contribution in [0.2, 0.25) is 0 Å². The summed E-state index contributed by atoms with van der Waals surface area (Å²) in [5, 5.41) is 6.64. The molecule has 2 rings (SSSR count). The lowest BCUT2D eigenvalue weighted by molar-refractivity contribution is 0.968. The van der Waals surface area contributed by atoms with E-state index in [9.17, 15) is 0 Å². The molecule has 1 aromatic heterocycles. The third-order valence-corrected chi connectivity index (χ3v) is 2.90. The van der Waals surface area contributed by atoms with Crippen LogP contribution in [0.5, 0.6) is 0 Å². The maximum Gasteiger partial charge on any atom is 0.128 e. The molecule has 0 bridgehead atoms. The highest BCUT2D eigenvalue weighted by atomic mass is 15.1. The van der Waals surface area contributed by atoms with Crippen molar-refractivity contribution in [2.24, 2.45) is 0 Å². The molecule has 0 aliphatic heterocycles. The normalized spacial score (nSPS) is 10.2. The molecule has 0 saturated carbocycles. The Balaban J connectivity index is 1.93. The van der Waals surface area contributed by atoms with Gasteiger partial charge in [0.25, 0.3) is 0 Å². The van der Waals surface area contributed by atoms with Crippen molar-refractivity contribution in [1.29, 1.82) is 0 Å². The molecule has 0 aliphatic carbocycles. The summed E-state index contributed by atoms with van der Waals surface area (Å²) in [6, 6.07) is 14.5. The first-order valence-electron chi connectivity index (χ1n) is 6.78. The Labute approximate surface area is 115 Å². The molecule has 0 spiro atoms. The van der Waals surface area contributed by atoms with Gasteiger partial charge in [0.15, 0.2) is 0 Å². The first kappa shape index (κ1) is 13.4. The number of aromatic nitrogens is 1. The number of pyridine rings is 1. The van der Waals surface area contributed by atoms with E-state index in [0.717, 1.165) is 31.1 Å². The second-order valence-corrected chi connectivity index (χ2v) is 4.67. The number of aryl methyl sites for hydroxylation is 1. The minimum absolute atomic E-state index is 0.796. The Hall–Kier alpha value is -2.03. The Bertz CT molecular complexity index is 506. The second kappa shape index (κ2) is 6.78. The van der Waals surface area contributed by atoms with Gasteiger partial charge < -0.3 is 10.6 Å². The summed E-state index contributed by atoms with van der Waals surface area (Å²) >= 11 is 0. The molecule has 0 atom stereocenters. The molecule has 1 aromatic carbocycles. The van der Waals surface area contributed by atoms with Crippen LogP contribution < -0.4 is 10.6 Å². The Morgan fingerprint density at radius 2 is 1.63 bits per heavy atom. The van der Waals surface area contributed by atoms with Crippen LogP contribution >= 0.6 is 0 Å². The number of benzene rings is 1. The van der Waals surface area contributed by atoms with Crippen molar-refractivity contribution in [1.82, 2.24) is 4.98 Å². The Morgan fingerprint density at radius 3 is 2.32 bits per heavy atom. The lowest BCUT2D eigenvalue weighted by Gasteiger charge is -2.09. The number of hydrogen-bond donors (Lipinski definition) is 2. The molecule has 0 fully saturated rings. The van der Waals surface area contributed by atoms with Gasteiger partial charge in [-0.3, -0.25) is 0 Å². The van der Waals surface area contributed by atoms with E-state index in [-0.39, 0.29) is 0 Å². The van der Waals surface area contributed by atoms with Gasteiger partial charge in [-0.1, -0.05) is 42.8 Å². The molecule has 3 nitrogen and oxygen atoms in total. The van der Waals surface area contributed by atoms with E-state index in [2.05, 4.69) is 53.7 Å². The van der Waals surface area contributed by atoms with E-state index in [0.29, 0.717) is 0 Å². The zero-order valence-electron chi connectivity index (χ0n) is 11.6. The first-order chi connectivity index (χ1) is 9.28. The third-order valence-electron chi connectivity index (χ3n) is 2.90. The van der Waals surface area contributed by atoms with E-state index >= 15 is 0 Å². The summed E-state index contributed by atoms with van der Waals surface area (Å²) in [5.41, 5.74) is 2.55. The molecular formula is C16H21N3. The van der Waals surface area contributed by atoms with Gasteiger partial charge in [0.2, 0.25) is 0 Å². The summed E-state index contributed by atoms with van der Waals surface area (Å²) in [6.07, 6.45) is 1.10. The second-order valence-electron chi connectivity index (χ2n) is 4.67. The van der Waals surface area contributed by atoms with Gasteiger partial charge in [0, 0.05) is 13.1 Å². The number of anilines is 2. The SMILES string of the molecule is CCCNc1cccc(NCc2ccc(C)cc2)n1. The quantitative estimate of drug-likeness (QED) is 0.824. The molecule has 0 saturated heterocycles. The maximum absolute atomic E-state index is 4.52. The van der Waals surface area contributed by atoms with Gasteiger partial charge in [-0.15, -0.1) is 0 Å². The average Bonchev–Trinajstić information content (AvgIpc) is 2.45. The van der Waals surface area contributed by atoms with E-state index in [1.165, 1.54) is 11.1 Å². The lowest BCUT2D eigenvalue weighted by atomic mass is 10.1. The standard InChI is InChI=1S/C16H21N3/c1-3-11-17-15-5-4-6-16(19-15)18-12-14-9-7-13(2)8-10-14/h4-10H,3,11-12H2,1-2H3,(H2,17,18,19). The Kier molecular flexibility index (Phi) is 4.78. The first-order valence-corrected chi connectivity index (χ1v) is 6.78. The van der Waals surface area contributed by atoms with Crippen molar-refractivity contribution in [2.75, 3.05) is 17.2 Å². The molecule has 0 unspecified atom stereocenters. The largest absolute Gasteiger partial charge is 0.370 e. The summed E-state index contributed by atoms with van der Waals surface area (Å²) in [5.74, 6) is 1.83. The van der Waals surface area contributed by atoms with Crippen molar-refractivity contribution < 1.29 is 0 Å². The zero-order valence-corrected chi connectivity index (χ0v) is 11.6. The average molecular weight is 255 g/mol. The molecule has 3 heteroatoms. The summed E-state index contributed by atoms with van der Waals surface area (Å²) in [6.45, 7) is 5.99. The van der Waals surface area contributed by atoms with E-state index in [4.69, 9.17) is 0 Å². The summed E-state index contributed by atoms with van der Waals surface area (Å²) in [4.78, 5) is 4.52. The fourth-order valence-electron chi connectivity index (χ4n) is 1.78. The summed E-state index contributed by atoms with van der Waals surface area (Å²) in [7, 11) is 0. The summed E-state index contributed by atoms with van der Waals surface area (Å²) < 4.78 is 0. The highest BCUT2D eigenvalue weighted by molar-refractivity contribution is 5.45. The van der Waals surface area contributed by atoms with Gasteiger partial charge in [0.05, 0.1) is 0 Å². The van der Waals surface area contributed by atoms with E-state index in [1.807, 2.05) is 18.2 Å². The van der Waals surface area contributed by atoms with E-state index in [1.54, 1.807) is 0 Å². The van der Waals surface area contributed by atoms with Gasteiger partial charge in [-0.05, 0) is 31.0 Å². The third kappa shape index (κ3) is 4.28. The van der Waals surface area contributed by atoms with Crippen molar-refractivity contribution in [3.05, 3.63) is 53.6 Å². The van der Waals surface area contributed by atoms with Crippen LogP contribution in [0.1, 0.15) is 24.5 Å². The highest BCUT2D eigenvalue weighted by Crippen LogP contribution is 2.11. The van der Waals surface area contributed by atoms with Crippen LogP contribution in [0.25, 0.3) is 0 Å². The van der Waals surface area contributed by atoms with E-state index < -0.39 is 0 Å². The smallest absolute Gasteiger partial charge is 0.128 e. The van der Waals surface area contributed by atoms with Crippen molar-refractivity contribution >= 4 is 11.6 Å². The minimum Gasteiger partial charge on any atom is -0.370 e. The number of nitrogens with zero attached hydrogens (tertiary/aromatic N) is 1. The number of rotatable bonds is 6. The number of nitrogens with one attached hydrogen (secondary N) is 2. The molecule has 2 aromatic rings. The minimum atomic E-state index is 0.796. The monoisotopic (exact) mass is 255 g/mol. The predicted molar refractivity (Wildman–Crippen MR) is 81.5 cm³/mol. The molecule has 1 heterocycles. The van der Waals surface area contributed by atoms with Crippen LogP contribution in [0.3, 0.4) is 0 Å². The topological polar surface area (TPSA) is 37.0 Å². The van der Waals surface area contributed by atoms with Crippen LogP contribution in [0, 0.1) is 6.92 Å².